The zero-order valence-corrected chi connectivity index (χ0v) is 27.3. The van der Waals surface area contributed by atoms with Gasteiger partial charge >= 0.3 is 0 Å². The second-order valence-corrected chi connectivity index (χ2v) is 12.7. The van der Waals surface area contributed by atoms with E-state index in [2.05, 4.69) is 19.1 Å². The zero-order valence-electron chi connectivity index (χ0n) is 27.3. The molecule has 3 aromatic carbocycles. The van der Waals surface area contributed by atoms with Crippen LogP contribution in [0, 0.1) is 5.92 Å². The van der Waals surface area contributed by atoms with Crippen LogP contribution in [0.25, 0.3) is 22.0 Å². The van der Waals surface area contributed by atoms with Gasteiger partial charge in [-0.25, -0.2) is 0 Å². The first-order valence-corrected chi connectivity index (χ1v) is 15.8. The number of likely N-dealkylation sites (N-methyl/N-ethyl adjacent to an activating group) is 2. The Morgan fingerprint density at radius 1 is 1.00 bits per heavy atom. The topological polar surface area (TPSA) is 78.2 Å². The molecule has 2 amide bonds. The molecule has 8 nitrogen and oxygen atoms in total. The quantitative estimate of drug-likeness (QED) is 0.309. The maximum absolute atomic E-state index is 14.6. The molecule has 0 bridgehead atoms. The number of carbonyl (C=O) groups excluding carboxylic acids is 2. The SMILES string of the molecule is C[C@H]1CN([C@@H](C)CO)C(=O)c2c(c3ccccc3n2C)-c2ccccc2CO[C@H]1CN(C)C(=O)[C@H](Cc1ccccc1)N(C)C. The van der Waals surface area contributed by atoms with E-state index in [0.29, 0.717) is 31.8 Å². The molecule has 0 aliphatic carbocycles. The van der Waals surface area contributed by atoms with Gasteiger partial charge in [0, 0.05) is 49.6 Å². The monoisotopic (exact) mass is 610 g/mol. The number of benzene rings is 3. The van der Waals surface area contributed by atoms with Gasteiger partial charge in [0.25, 0.3) is 5.91 Å². The molecule has 0 fully saturated rings. The molecule has 45 heavy (non-hydrogen) atoms. The van der Waals surface area contributed by atoms with Crippen LogP contribution < -0.4 is 0 Å². The lowest BCUT2D eigenvalue weighted by atomic mass is 9.96. The van der Waals surface area contributed by atoms with Crippen molar-refractivity contribution in [3.05, 3.63) is 95.7 Å². The highest BCUT2D eigenvalue weighted by atomic mass is 16.5. The summed E-state index contributed by atoms with van der Waals surface area (Å²) in [7, 11) is 7.64. The third-order valence-electron chi connectivity index (χ3n) is 9.24. The van der Waals surface area contributed by atoms with Crippen LogP contribution in [-0.2, 0) is 29.6 Å². The first kappa shape index (κ1) is 32.4. The van der Waals surface area contributed by atoms with Crippen molar-refractivity contribution in [2.45, 2.75) is 45.1 Å². The Balaban J connectivity index is 1.52. The second kappa shape index (κ2) is 14.0. The highest BCUT2D eigenvalue weighted by Crippen LogP contribution is 2.38. The van der Waals surface area contributed by atoms with Crippen molar-refractivity contribution in [2.75, 3.05) is 40.8 Å². The van der Waals surface area contributed by atoms with Gasteiger partial charge in [-0.15, -0.1) is 0 Å². The summed E-state index contributed by atoms with van der Waals surface area (Å²) < 4.78 is 8.68. The Kier molecular flexibility index (Phi) is 10.1. The van der Waals surface area contributed by atoms with Gasteiger partial charge in [0.15, 0.2) is 0 Å². The second-order valence-electron chi connectivity index (χ2n) is 12.7. The number of fused-ring (bicyclic) bond motifs is 5. The molecule has 1 aliphatic rings. The highest BCUT2D eigenvalue weighted by molar-refractivity contribution is 6.10. The van der Waals surface area contributed by atoms with Crippen molar-refractivity contribution in [1.29, 1.82) is 0 Å². The molecule has 2 heterocycles. The van der Waals surface area contributed by atoms with Gasteiger partial charge in [0.05, 0.1) is 31.4 Å². The minimum absolute atomic E-state index is 0.0184. The largest absolute Gasteiger partial charge is 0.394 e. The molecule has 0 saturated carbocycles. The average Bonchev–Trinajstić information content (AvgIpc) is 3.34. The highest BCUT2D eigenvalue weighted by Gasteiger charge is 2.34. The number of amides is 2. The van der Waals surface area contributed by atoms with Crippen LogP contribution in [-0.4, -0.2) is 95.2 Å². The van der Waals surface area contributed by atoms with E-state index >= 15 is 0 Å². The summed E-state index contributed by atoms with van der Waals surface area (Å²) in [5.74, 6) is -0.244. The molecule has 1 aromatic heterocycles. The van der Waals surface area contributed by atoms with Gasteiger partial charge in [-0.2, -0.15) is 0 Å². The lowest BCUT2D eigenvalue weighted by Gasteiger charge is -2.36. The van der Waals surface area contributed by atoms with Crippen LogP contribution in [0.2, 0.25) is 0 Å². The summed E-state index contributed by atoms with van der Waals surface area (Å²) in [4.78, 5) is 34.0. The molecule has 0 unspecified atom stereocenters. The number of hydrogen-bond donors (Lipinski definition) is 1. The van der Waals surface area contributed by atoms with Crippen molar-refractivity contribution < 1.29 is 19.4 Å². The summed E-state index contributed by atoms with van der Waals surface area (Å²) in [6, 6.07) is 25.5. The van der Waals surface area contributed by atoms with Crippen molar-refractivity contribution in [1.82, 2.24) is 19.3 Å². The molecule has 1 aliphatic heterocycles. The normalized spacial score (nSPS) is 18.7. The van der Waals surface area contributed by atoms with Crippen molar-refractivity contribution in [2.24, 2.45) is 13.0 Å². The molecule has 4 atom stereocenters. The summed E-state index contributed by atoms with van der Waals surface area (Å²) >= 11 is 0. The Morgan fingerprint density at radius 2 is 1.67 bits per heavy atom. The van der Waals surface area contributed by atoms with E-state index in [9.17, 15) is 14.7 Å². The smallest absolute Gasteiger partial charge is 0.271 e. The molecule has 238 valence electrons. The number of ether oxygens (including phenoxy) is 1. The van der Waals surface area contributed by atoms with E-state index in [1.807, 2.05) is 111 Å². The number of para-hydroxylation sites is 1. The number of rotatable bonds is 8. The van der Waals surface area contributed by atoms with Crippen molar-refractivity contribution >= 4 is 22.7 Å². The number of nitrogens with zero attached hydrogens (tertiary/aromatic N) is 4. The van der Waals surface area contributed by atoms with Gasteiger partial charge < -0.3 is 24.2 Å². The zero-order chi connectivity index (χ0) is 32.2. The molecular weight excluding hydrogens is 564 g/mol. The predicted molar refractivity (Wildman–Crippen MR) is 179 cm³/mol. The van der Waals surface area contributed by atoms with Crippen LogP contribution in [0.1, 0.15) is 35.5 Å². The van der Waals surface area contributed by atoms with Crippen LogP contribution in [0.4, 0.5) is 0 Å². The number of aliphatic hydroxyl groups is 1. The van der Waals surface area contributed by atoms with Crippen LogP contribution in [0.3, 0.4) is 0 Å². The van der Waals surface area contributed by atoms with Crippen LogP contribution >= 0.6 is 0 Å². The molecule has 5 rings (SSSR count). The minimum Gasteiger partial charge on any atom is -0.394 e. The van der Waals surface area contributed by atoms with E-state index in [-0.39, 0.29) is 36.5 Å². The molecule has 1 N–H and O–H groups in total. The van der Waals surface area contributed by atoms with Crippen molar-refractivity contribution in [3.63, 3.8) is 0 Å². The maximum Gasteiger partial charge on any atom is 0.271 e. The third kappa shape index (κ3) is 6.69. The fraction of sp³-hybridized carbons (Fsp3) is 0.405. The van der Waals surface area contributed by atoms with Gasteiger partial charge in [0.1, 0.15) is 5.69 Å². The first-order valence-electron chi connectivity index (χ1n) is 15.8. The van der Waals surface area contributed by atoms with Gasteiger partial charge in [-0.1, -0.05) is 79.7 Å². The van der Waals surface area contributed by atoms with Gasteiger partial charge in [0.2, 0.25) is 5.91 Å². The number of aliphatic hydroxyl groups excluding tert-OH is 1. The van der Waals surface area contributed by atoms with Gasteiger partial charge in [-0.3, -0.25) is 14.5 Å². The number of aromatic nitrogens is 1. The lowest BCUT2D eigenvalue weighted by Crippen LogP contribution is -2.50. The van der Waals surface area contributed by atoms with E-state index in [0.717, 1.165) is 33.2 Å². The molecule has 0 spiro atoms. The molecule has 0 radical (unpaired) electrons. The van der Waals surface area contributed by atoms with Crippen LogP contribution in [0.15, 0.2) is 78.9 Å². The third-order valence-corrected chi connectivity index (χ3v) is 9.24. The molecule has 8 heteroatoms. The standard InChI is InChI=1S/C37H46N4O4/c1-25-21-41(26(2)23-42)37(44)35-34(30-18-12-13-19-31(30)40(35)6)29-17-11-10-16-28(29)24-45-33(25)22-39(5)36(43)32(38(3)4)20-27-14-8-7-9-15-27/h7-19,25-26,32-33,42H,20-24H2,1-6H3/t25-,26-,32-,33-/m0/s1. The van der Waals surface area contributed by atoms with E-state index in [4.69, 9.17) is 4.74 Å². The Bertz CT molecular complexity index is 1630. The minimum atomic E-state index is -0.411. The molecule has 0 saturated heterocycles. The average molecular weight is 611 g/mol. The molecule has 4 aromatic rings. The van der Waals surface area contributed by atoms with Crippen LogP contribution in [0.5, 0.6) is 0 Å². The summed E-state index contributed by atoms with van der Waals surface area (Å²) in [6.07, 6.45) is 0.249. The molecular formula is C37H46N4O4. The lowest BCUT2D eigenvalue weighted by molar-refractivity contribution is -0.137. The number of hydrogen-bond acceptors (Lipinski definition) is 5. The predicted octanol–water partition coefficient (Wildman–Crippen LogP) is 4.83. The summed E-state index contributed by atoms with van der Waals surface area (Å²) in [5, 5.41) is 11.3. The number of carbonyl (C=O) groups is 2. The first-order chi connectivity index (χ1) is 21.6. The maximum atomic E-state index is 14.6. The Labute approximate surface area is 266 Å². The summed E-state index contributed by atoms with van der Waals surface area (Å²) in [5.41, 5.74) is 5.47. The van der Waals surface area contributed by atoms with Crippen molar-refractivity contribution in [3.8, 4) is 11.1 Å². The summed E-state index contributed by atoms with van der Waals surface area (Å²) in [6.45, 7) is 4.84. The Hall–Kier alpha value is -3.98. The fourth-order valence-corrected chi connectivity index (χ4v) is 6.47. The van der Waals surface area contributed by atoms with E-state index in [1.165, 1.54) is 0 Å². The Morgan fingerprint density at radius 3 is 2.38 bits per heavy atom. The fourth-order valence-electron chi connectivity index (χ4n) is 6.47. The van der Waals surface area contributed by atoms with E-state index in [1.54, 1.807) is 9.80 Å². The number of aryl methyl sites for hydroxylation is 1. The van der Waals surface area contributed by atoms with Gasteiger partial charge in [-0.05, 0) is 50.2 Å². The van der Waals surface area contributed by atoms with E-state index < -0.39 is 6.04 Å².